The number of carbonyl (C=O) groups excluding carboxylic acids is 2. The van der Waals surface area contributed by atoms with Crippen molar-refractivity contribution in [3.05, 3.63) is 11.8 Å². The molecule has 1 aromatic heterocycles. The van der Waals surface area contributed by atoms with E-state index in [-0.39, 0.29) is 17.1 Å². The fraction of sp³-hybridized carbons (Fsp3) is 0.583. The first-order valence-corrected chi connectivity index (χ1v) is 7.24. The van der Waals surface area contributed by atoms with Gasteiger partial charge in [0.2, 0.25) is 11.8 Å². The summed E-state index contributed by atoms with van der Waals surface area (Å²) in [5.74, 6) is 1.14. The first-order valence-electron chi connectivity index (χ1n) is 6.20. The molecule has 0 unspecified atom stereocenters. The normalized spacial score (nSPS) is 15.9. The third-order valence-electron chi connectivity index (χ3n) is 2.66. The molecule has 19 heavy (non-hydrogen) atoms. The van der Waals surface area contributed by atoms with E-state index >= 15 is 0 Å². The lowest BCUT2D eigenvalue weighted by molar-refractivity contribution is -0.118. The molecule has 0 radical (unpaired) electrons. The van der Waals surface area contributed by atoms with Gasteiger partial charge in [-0.1, -0.05) is 5.16 Å². The standard InChI is InChI=1S/C12H17N3O3S/c1-7-5-10(15-18-7)14-12(17)8(2)19-6-11(16)13-9-3-4-9/h5,8-9H,3-4,6H2,1-2H3,(H,13,16)(H,14,15,17)/t8-/m1/s1. The zero-order valence-electron chi connectivity index (χ0n) is 10.9. The quantitative estimate of drug-likeness (QED) is 0.822. The maximum Gasteiger partial charge on any atom is 0.238 e. The summed E-state index contributed by atoms with van der Waals surface area (Å²) in [7, 11) is 0. The van der Waals surface area contributed by atoms with Crippen LogP contribution in [0.2, 0.25) is 0 Å². The second-order valence-corrected chi connectivity index (χ2v) is 5.94. The number of anilines is 1. The molecular weight excluding hydrogens is 266 g/mol. The largest absolute Gasteiger partial charge is 0.360 e. The van der Waals surface area contributed by atoms with E-state index in [0.29, 0.717) is 23.4 Å². The van der Waals surface area contributed by atoms with E-state index in [2.05, 4.69) is 15.8 Å². The Bertz CT molecular complexity index is 471. The highest BCUT2D eigenvalue weighted by molar-refractivity contribution is 8.01. The lowest BCUT2D eigenvalue weighted by atomic mass is 10.4. The van der Waals surface area contributed by atoms with Gasteiger partial charge >= 0.3 is 0 Å². The van der Waals surface area contributed by atoms with Crippen molar-refractivity contribution in [3.8, 4) is 0 Å². The summed E-state index contributed by atoms with van der Waals surface area (Å²) in [5.41, 5.74) is 0. The molecule has 1 aliphatic carbocycles. The van der Waals surface area contributed by atoms with Crippen LogP contribution in [0.25, 0.3) is 0 Å². The van der Waals surface area contributed by atoms with E-state index in [1.807, 2.05) is 0 Å². The van der Waals surface area contributed by atoms with E-state index in [1.165, 1.54) is 11.8 Å². The Morgan fingerprint density at radius 3 is 2.89 bits per heavy atom. The van der Waals surface area contributed by atoms with Crippen LogP contribution in [0, 0.1) is 6.92 Å². The van der Waals surface area contributed by atoms with Gasteiger partial charge in [0.05, 0.1) is 11.0 Å². The van der Waals surface area contributed by atoms with Gasteiger partial charge in [-0.2, -0.15) is 0 Å². The molecule has 2 rings (SSSR count). The maximum atomic E-state index is 11.8. The predicted octanol–water partition coefficient (Wildman–Crippen LogP) is 1.32. The van der Waals surface area contributed by atoms with E-state index < -0.39 is 0 Å². The molecule has 7 heteroatoms. The summed E-state index contributed by atoms with van der Waals surface area (Å²) >= 11 is 1.31. The van der Waals surface area contributed by atoms with Crippen molar-refractivity contribution in [2.75, 3.05) is 11.1 Å². The monoisotopic (exact) mass is 283 g/mol. The Morgan fingerprint density at radius 1 is 1.58 bits per heavy atom. The van der Waals surface area contributed by atoms with Crippen LogP contribution in [0.5, 0.6) is 0 Å². The fourth-order valence-corrected chi connectivity index (χ4v) is 2.12. The van der Waals surface area contributed by atoms with Crippen molar-refractivity contribution < 1.29 is 14.1 Å². The Balaban J connectivity index is 1.70. The molecule has 1 fully saturated rings. The molecule has 1 aromatic rings. The summed E-state index contributed by atoms with van der Waals surface area (Å²) in [4.78, 5) is 23.3. The molecule has 0 saturated heterocycles. The Morgan fingerprint density at radius 2 is 2.32 bits per heavy atom. The van der Waals surface area contributed by atoms with E-state index in [9.17, 15) is 9.59 Å². The summed E-state index contributed by atoms with van der Waals surface area (Å²) in [6.07, 6.45) is 2.13. The first-order chi connectivity index (χ1) is 9.04. The smallest absolute Gasteiger partial charge is 0.238 e. The van der Waals surface area contributed by atoms with Crippen molar-refractivity contribution in [1.82, 2.24) is 10.5 Å². The van der Waals surface area contributed by atoms with Crippen molar-refractivity contribution in [2.45, 2.75) is 38.0 Å². The number of rotatable bonds is 6. The molecule has 6 nitrogen and oxygen atoms in total. The third-order valence-corrected chi connectivity index (χ3v) is 3.80. The number of hydrogen-bond donors (Lipinski definition) is 2. The number of nitrogens with one attached hydrogen (secondary N) is 2. The summed E-state index contributed by atoms with van der Waals surface area (Å²) < 4.78 is 4.86. The Kier molecular flexibility index (Phi) is 4.47. The third kappa shape index (κ3) is 4.59. The molecule has 1 heterocycles. The van der Waals surface area contributed by atoms with Gasteiger partial charge in [0, 0.05) is 12.1 Å². The second-order valence-electron chi connectivity index (χ2n) is 4.61. The number of nitrogens with zero attached hydrogens (tertiary/aromatic N) is 1. The van der Waals surface area contributed by atoms with Crippen molar-refractivity contribution in [2.24, 2.45) is 0 Å². The van der Waals surface area contributed by atoms with Crippen LogP contribution in [-0.2, 0) is 9.59 Å². The molecule has 0 bridgehead atoms. The van der Waals surface area contributed by atoms with Crippen LogP contribution >= 0.6 is 11.8 Å². The van der Waals surface area contributed by atoms with Crippen LogP contribution in [0.3, 0.4) is 0 Å². The highest BCUT2D eigenvalue weighted by atomic mass is 32.2. The number of aromatic nitrogens is 1. The van der Waals surface area contributed by atoms with Crippen LogP contribution < -0.4 is 10.6 Å². The van der Waals surface area contributed by atoms with Crippen molar-refractivity contribution >= 4 is 29.4 Å². The highest BCUT2D eigenvalue weighted by Gasteiger charge is 2.24. The fourth-order valence-electron chi connectivity index (χ4n) is 1.43. The van der Waals surface area contributed by atoms with Crippen molar-refractivity contribution in [3.63, 3.8) is 0 Å². The van der Waals surface area contributed by atoms with Gasteiger partial charge < -0.3 is 15.2 Å². The molecule has 0 aromatic carbocycles. The second kappa shape index (κ2) is 6.10. The van der Waals surface area contributed by atoms with Gasteiger partial charge in [-0.15, -0.1) is 11.8 Å². The van der Waals surface area contributed by atoms with Crippen LogP contribution in [0.15, 0.2) is 10.6 Å². The number of carbonyl (C=O) groups is 2. The number of hydrogen-bond acceptors (Lipinski definition) is 5. The van der Waals surface area contributed by atoms with E-state index in [4.69, 9.17) is 4.52 Å². The van der Waals surface area contributed by atoms with Crippen molar-refractivity contribution in [1.29, 1.82) is 0 Å². The molecular formula is C12H17N3O3S. The minimum Gasteiger partial charge on any atom is -0.360 e. The Labute approximate surface area is 115 Å². The number of aryl methyl sites for hydroxylation is 1. The minimum absolute atomic E-state index is 0.00979. The highest BCUT2D eigenvalue weighted by Crippen LogP contribution is 2.19. The molecule has 104 valence electrons. The average Bonchev–Trinajstić information content (AvgIpc) is 3.08. The molecule has 1 aliphatic rings. The van der Waals surface area contributed by atoms with Crippen LogP contribution in [-0.4, -0.2) is 34.0 Å². The molecule has 0 aliphatic heterocycles. The lowest BCUT2D eigenvalue weighted by Gasteiger charge is -2.10. The topological polar surface area (TPSA) is 84.2 Å². The zero-order chi connectivity index (χ0) is 13.8. The van der Waals surface area contributed by atoms with Crippen LogP contribution in [0.1, 0.15) is 25.5 Å². The van der Waals surface area contributed by atoms with E-state index in [1.54, 1.807) is 19.9 Å². The SMILES string of the molecule is Cc1cc(NC(=O)[C@@H](C)SCC(=O)NC2CC2)no1. The number of thioether (sulfide) groups is 1. The van der Waals surface area contributed by atoms with Gasteiger partial charge in [-0.25, -0.2) is 0 Å². The molecule has 1 atom stereocenters. The maximum absolute atomic E-state index is 11.8. The van der Waals surface area contributed by atoms with Crippen LogP contribution in [0.4, 0.5) is 5.82 Å². The Hall–Kier alpha value is -1.50. The van der Waals surface area contributed by atoms with Gasteiger partial charge in [0.25, 0.3) is 0 Å². The molecule has 1 saturated carbocycles. The first kappa shape index (κ1) is 13.9. The average molecular weight is 283 g/mol. The zero-order valence-corrected chi connectivity index (χ0v) is 11.8. The van der Waals surface area contributed by atoms with Gasteiger partial charge in [-0.05, 0) is 26.7 Å². The lowest BCUT2D eigenvalue weighted by Crippen LogP contribution is -2.29. The predicted molar refractivity (Wildman–Crippen MR) is 73.0 cm³/mol. The molecule has 2 N–H and O–H groups in total. The summed E-state index contributed by atoms with van der Waals surface area (Å²) in [6, 6.07) is 2.00. The van der Waals surface area contributed by atoms with Gasteiger partial charge in [0.15, 0.2) is 5.82 Å². The summed E-state index contributed by atoms with van der Waals surface area (Å²) in [5, 5.41) is 8.89. The van der Waals surface area contributed by atoms with Gasteiger partial charge in [0.1, 0.15) is 5.76 Å². The van der Waals surface area contributed by atoms with Gasteiger partial charge in [-0.3, -0.25) is 9.59 Å². The number of amides is 2. The molecule has 2 amide bonds. The summed E-state index contributed by atoms with van der Waals surface area (Å²) in [6.45, 7) is 3.51. The minimum atomic E-state index is -0.318. The van der Waals surface area contributed by atoms with E-state index in [0.717, 1.165) is 12.8 Å². The molecule has 0 spiro atoms.